The monoisotopic (exact) mass is 289 g/mol. The first-order chi connectivity index (χ1) is 9.70. The Hall–Kier alpha value is -1.52. The zero-order valence-electron chi connectivity index (χ0n) is 11.0. The van der Waals surface area contributed by atoms with Crippen molar-refractivity contribution < 1.29 is 4.79 Å². The molecule has 0 saturated carbocycles. The SMILES string of the molecule is O=C(NC1CC2CCC1N2)c1ccn2ccc(Cl)c2c1. The third-order valence-corrected chi connectivity index (χ3v) is 4.81. The lowest BCUT2D eigenvalue weighted by Gasteiger charge is -2.21. The fourth-order valence-corrected chi connectivity index (χ4v) is 3.65. The summed E-state index contributed by atoms with van der Waals surface area (Å²) in [6, 6.07) is 6.81. The Balaban J connectivity index is 1.56. The highest BCUT2D eigenvalue weighted by molar-refractivity contribution is 6.34. The minimum atomic E-state index is -0.0101. The molecule has 104 valence electrons. The summed E-state index contributed by atoms with van der Waals surface area (Å²) in [5, 5.41) is 7.35. The van der Waals surface area contributed by atoms with Crippen LogP contribution in [0.3, 0.4) is 0 Å². The number of carbonyl (C=O) groups excluding carboxylic acids is 1. The first-order valence-corrected chi connectivity index (χ1v) is 7.41. The quantitative estimate of drug-likeness (QED) is 0.890. The molecule has 20 heavy (non-hydrogen) atoms. The Morgan fingerprint density at radius 2 is 2.20 bits per heavy atom. The van der Waals surface area contributed by atoms with Gasteiger partial charge in [0, 0.05) is 36.1 Å². The van der Waals surface area contributed by atoms with Crippen LogP contribution in [0.1, 0.15) is 29.6 Å². The van der Waals surface area contributed by atoms with Gasteiger partial charge in [0.2, 0.25) is 0 Å². The number of hydrogen-bond acceptors (Lipinski definition) is 2. The number of aromatic nitrogens is 1. The van der Waals surface area contributed by atoms with E-state index in [9.17, 15) is 4.79 Å². The van der Waals surface area contributed by atoms with Crippen LogP contribution in [0.15, 0.2) is 30.6 Å². The van der Waals surface area contributed by atoms with Gasteiger partial charge in [-0.15, -0.1) is 0 Å². The van der Waals surface area contributed by atoms with Gasteiger partial charge in [0.05, 0.1) is 10.5 Å². The molecular weight excluding hydrogens is 274 g/mol. The van der Waals surface area contributed by atoms with Gasteiger partial charge in [-0.25, -0.2) is 0 Å². The summed E-state index contributed by atoms with van der Waals surface area (Å²) in [5.74, 6) is -0.0101. The van der Waals surface area contributed by atoms with Gasteiger partial charge >= 0.3 is 0 Å². The van der Waals surface area contributed by atoms with E-state index in [-0.39, 0.29) is 11.9 Å². The largest absolute Gasteiger partial charge is 0.348 e. The third-order valence-electron chi connectivity index (χ3n) is 4.49. The van der Waals surface area contributed by atoms with Crippen LogP contribution in [-0.2, 0) is 0 Å². The molecule has 4 rings (SSSR count). The van der Waals surface area contributed by atoms with Gasteiger partial charge in [0.15, 0.2) is 0 Å². The number of nitrogens with zero attached hydrogens (tertiary/aromatic N) is 1. The number of hydrogen-bond donors (Lipinski definition) is 2. The molecule has 2 fully saturated rings. The van der Waals surface area contributed by atoms with Crippen molar-refractivity contribution in [3.8, 4) is 0 Å². The van der Waals surface area contributed by atoms with Gasteiger partial charge < -0.3 is 15.0 Å². The van der Waals surface area contributed by atoms with Crippen LogP contribution in [0, 0.1) is 0 Å². The Morgan fingerprint density at radius 1 is 1.35 bits per heavy atom. The van der Waals surface area contributed by atoms with Crippen LogP contribution in [0.2, 0.25) is 5.02 Å². The van der Waals surface area contributed by atoms with Crippen molar-refractivity contribution >= 4 is 23.0 Å². The Kier molecular flexibility index (Phi) is 2.75. The average molecular weight is 290 g/mol. The van der Waals surface area contributed by atoms with E-state index in [1.807, 2.05) is 35.0 Å². The fraction of sp³-hybridized carbons (Fsp3) is 0.400. The number of carbonyl (C=O) groups is 1. The number of halogens is 1. The summed E-state index contributed by atoms with van der Waals surface area (Å²) in [6.45, 7) is 0. The molecule has 0 radical (unpaired) electrons. The Bertz CT molecular complexity index is 681. The maximum Gasteiger partial charge on any atom is 0.251 e. The van der Waals surface area contributed by atoms with Gasteiger partial charge in [-0.2, -0.15) is 0 Å². The molecule has 3 atom stereocenters. The molecule has 4 nitrogen and oxygen atoms in total. The maximum atomic E-state index is 12.4. The van der Waals surface area contributed by atoms with Crippen molar-refractivity contribution in [1.29, 1.82) is 0 Å². The molecule has 3 unspecified atom stereocenters. The first kappa shape index (κ1) is 12.2. The highest BCUT2D eigenvalue weighted by Crippen LogP contribution is 2.28. The first-order valence-electron chi connectivity index (χ1n) is 7.04. The summed E-state index contributed by atoms with van der Waals surface area (Å²) in [5.41, 5.74) is 1.53. The number of amides is 1. The average Bonchev–Trinajstić information content (AvgIpc) is 3.15. The molecular formula is C15H16ClN3O. The molecule has 0 spiro atoms. The lowest BCUT2D eigenvalue weighted by molar-refractivity contribution is 0.0931. The second kappa shape index (κ2) is 4.50. The molecule has 0 aromatic carbocycles. The van der Waals surface area contributed by atoms with Crippen LogP contribution in [0.25, 0.3) is 5.52 Å². The summed E-state index contributed by atoms with van der Waals surface area (Å²) in [7, 11) is 0. The van der Waals surface area contributed by atoms with E-state index in [1.165, 1.54) is 12.8 Å². The van der Waals surface area contributed by atoms with Crippen molar-refractivity contribution in [3.05, 3.63) is 41.2 Å². The maximum absolute atomic E-state index is 12.4. The number of nitrogens with one attached hydrogen (secondary N) is 2. The summed E-state index contributed by atoms with van der Waals surface area (Å²) in [4.78, 5) is 12.4. The van der Waals surface area contributed by atoms with Crippen LogP contribution in [0.5, 0.6) is 0 Å². The predicted molar refractivity (Wildman–Crippen MR) is 78.2 cm³/mol. The van der Waals surface area contributed by atoms with Crippen molar-refractivity contribution in [2.75, 3.05) is 0 Å². The standard InChI is InChI=1S/C15H16ClN3O/c16-11-4-6-19-5-3-9(7-14(11)19)15(20)18-13-8-10-1-2-12(13)17-10/h3-7,10,12-13,17H,1-2,8H2,(H,18,20). The zero-order valence-corrected chi connectivity index (χ0v) is 11.7. The van der Waals surface area contributed by atoms with Crippen LogP contribution >= 0.6 is 11.6 Å². The lowest BCUT2D eigenvalue weighted by Crippen LogP contribution is -2.42. The molecule has 2 N–H and O–H groups in total. The second-order valence-electron chi connectivity index (χ2n) is 5.73. The normalized spacial score (nSPS) is 28.1. The van der Waals surface area contributed by atoms with Gasteiger partial charge in [-0.1, -0.05) is 11.6 Å². The molecule has 2 aromatic heterocycles. The molecule has 2 aliphatic heterocycles. The fourth-order valence-electron chi connectivity index (χ4n) is 3.44. The Labute approximate surface area is 122 Å². The summed E-state index contributed by atoms with van der Waals surface area (Å²) < 4.78 is 1.91. The van der Waals surface area contributed by atoms with E-state index in [4.69, 9.17) is 11.6 Å². The second-order valence-corrected chi connectivity index (χ2v) is 6.14. The summed E-state index contributed by atoms with van der Waals surface area (Å²) >= 11 is 6.11. The van der Waals surface area contributed by atoms with Gasteiger partial charge in [-0.05, 0) is 37.5 Å². The van der Waals surface area contributed by atoms with E-state index in [0.717, 1.165) is 11.9 Å². The number of fused-ring (bicyclic) bond motifs is 3. The molecule has 0 aliphatic carbocycles. The van der Waals surface area contributed by atoms with Gasteiger partial charge in [0.1, 0.15) is 0 Å². The van der Waals surface area contributed by atoms with Crippen molar-refractivity contribution in [2.45, 2.75) is 37.4 Å². The van der Waals surface area contributed by atoms with E-state index in [1.54, 1.807) is 0 Å². The van der Waals surface area contributed by atoms with E-state index >= 15 is 0 Å². The lowest BCUT2D eigenvalue weighted by atomic mass is 9.95. The van der Waals surface area contributed by atoms with E-state index in [0.29, 0.717) is 22.7 Å². The third kappa shape index (κ3) is 1.91. The molecule has 2 bridgehead atoms. The van der Waals surface area contributed by atoms with Crippen molar-refractivity contribution in [3.63, 3.8) is 0 Å². The van der Waals surface area contributed by atoms with Crippen LogP contribution in [-0.4, -0.2) is 28.4 Å². The van der Waals surface area contributed by atoms with Gasteiger partial charge in [-0.3, -0.25) is 4.79 Å². The smallest absolute Gasteiger partial charge is 0.251 e. The topological polar surface area (TPSA) is 45.5 Å². The molecule has 4 heterocycles. The summed E-state index contributed by atoms with van der Waals surface area (Å²) in [6.07, 6.45) is 7.21. The molecule has 2 aromatic rings. The predicted octanol–water partition coefficient (Wildman–Crippen LogP) is 2.22. The number of pyridine rings is 1. The highest BCUT2D eigenvalue weighted by atomic mass is 35.5. The minimum absolute atomic E-state index is 0.0101. The number of rotatable bonds is 2. The molecule has 2 aliphatic rings. The zero-order chi connectivity index (χ0) is 13.7. The van der Waals surface area contributed by atoms with E-state index < -0.39 is 0 Å². The molecule has 1 amide bonds. The van der Waals surface area contributed by atoms with Crippen molar-refractivity contribution in [2.24, 2.45) is 0 Å². The molecule has 5 heteroatoms. The molecule has 2 saturated heterocycles. The van der Waals surface area contributed by atoms with Crippen LogP contribution < -0.4 is 10.6 Å². The van der Waals surface area contributed by atoms with Crippen LogP contribution in [0.4, 0.5) is 0 Å². The van der Waals surface area contributed by atoms with E-state index in [2.05, 4.69) is 10.6 Å². The Morgan fingerprint density at radius 3 is 2.95 bits per heavy atom. The van der Waals surface area contributed by atoms with Crippen molar-refractivity contribution in [1.82, 2.24) is 15.0 Å². The highest BCUT2D eigenvalue weighted by Gasteiger charge is 2.39. The van der Waals surface area contributed by atoms with Gasteiger partial charge in [0.25, 0.3) is 5.91 Å². The minimum Gasteiger partial charge on any atom is -0.348 e.